The molecule has 1 saturated heterocycles. The van der Waals surface area contributed by atoms with Gasteiger partial charge < -0.3 is 10.6 Å². The summed E-state index contributed by atoms with van der Waals surface area (Å²) in [5.74, 6) is 0. The number of nitro benzene ring substituents is 1. The van der Waals surface area contributed by atoms with Crippen LogP contribution in [0.5, 0.6) is 0 Å². The van der Waals surface area contributed by atoms with E-state index in [4.69, 9.17) is 5.73 Å². The highest BCUT2D eigenvalue weighted by Gasteiger charge is 2.20. The summed E-state index contributed by atoms with van der Waals surface area (Å²) in [5, 5.41) is 10.9. The van der Waals surface area contributed by atoms with E-state index in [0.29, 0.717) is 11.4 Å². The third-order valence-corrected chi connectivity index (χ3v) is 2.89. The summed E-state index contributed by atoms with van der Waals surface area (Å²) >= 11 is 0. The Hall–Kier alpha value is -1.78. The van der Waals surface area contributed by atoms with Crippen LogP contribution in [0.1, 0.15) is 19.3 Å². The van der Waals surface area contributed by atoms with E-state index in [1.807, 2.05) is 0 Å². The number of hydrogen-bond donors (Lipinski definition) is 1. The molecule has 1 aromatic rings. The number of rotatable bonds is 2. The predicted molar refractivity (Wildman–Crippen MR) is 63.6 cm³/mol. The van der Waals surface area contributed by atoms with E-state index in [1.165, 1.54) is 12.5 Å². The highest BCUT2D eigenvalue weighted by Crippen LogP contribution is 2.31. The van der Waals surface area contributed by atoms with Crippen LogP contribution in [-0.2, 0) is 0 Å². The number of nitrogens with two attached hydrogens (primary N) is 1. The minimum Gasteiger partial charge on any atom is -0.399 e. The van der Waals surface area contributed by atoms with Gasteiger partial charge >= 0.3 is 0 Å². The fraction of sp³-hybridized carbons (Fsp3) is 0.455. The summed E-state index contributed by atoms with van der Waals surface area (Å²) in [6, 6.07) is 4.90. The summed E-state index contributed by atoms with van der Waals surface area (Å²) in [5.41, 5.74) is 6.82. The second kappa shape index (κ2) is 4.38. The Balaban J connectivity index is 2.34. The van der Waals surface area contributed by atoms with E-state index in [0.717, 1.165) is 25.9 Å². The molecule has 0 radical (unpaired) electrons. The van der Waals surface area contributed by atoms with E-state index >= 15 is 0 Å². The molecule has 1 aliphatic rings. The molecule has 0 saturated carbocycles. The number of anilines is 2. The molecule has 5 nitrogen and oxygen atoms in total. The first-order valence-corrected chi connectivity index (χ1v) is 5.47. The van der Waals surface area contributed by atoms with Gasteiger partial charge in [0.2, 0.25) is 0 Å². The molecule has 0 amide bonds. The average molecular weight is 221 g/mol. The van der Waals surface area contributed by atoms with Gasteiger partial charge in [0.1, 0.15) is 5.69 Å². The Kier molecular flexibility index (Phi) is 2.94. The summed E-state index contributed by atoms with van der Waals surface area (Å²) < 4.78 is 0. The van der Waals surface area contributed by atoms with Crippen LogP contribution in [-0.4, -0.2) is 18.0 Å². The molecule has 0 aromatic heterocycles. The fourth-order valence-electron chi connectivity index (χ4n) is 2.09. The maximum Gasteiger partial charge on any atom is 0.294 e. The van der Waals surface area contributed by atoms with Crippen molar-refractivity contribution < 1.29 is 4.92 Å². The highest BCUT2D eigenvalue weighted by atomic mass is 16.6. The van der Waals surface area contributed by atoms with Gasteiger partial charge in [0, 0.05) is 24.8 Å². The number of nitrogen functional groups attached to an aromatic ring is 1. The molecule has 1 fully saturated rings. The van der Waals surface area contributed by atoms with Crippen molar-refractivity contribution in [3.8, 4) is 0 Å². The Bertz CT molecular complexity index is 400. The van der Waals surface area contributed by atoms with Crippen molar-refractivity contribution in [1.82, 2.24) is 0 Å². The first-order chi connectivity index (χ1) is 7.68. The van der Waals surface area contributed by atoms with Gasteiger partial charge in [0.25, 0.3) is 5.69 Å². The number of nitro groups is 1. The normalized spacial score (nSPS) is 16.1. The van der Waals surface area contributed by atoms with E-state index in [-0.39, 0.29) is 10.6 Å². The van der Waals surface area contributed by atoms with Gasteiger partial charge in [-0.05, 0) is 31.4 Å². The van der Waals surface area contributed by atoms with Crippen LogP contribution >= 0.6 is 0 Å². The zero-order valence-electron chi connectivity index (χ0n) is 9.06. The molecule has 0 atom stereocenters. The van der Waals surface area contributed by atoms with Gasteiger partial charge in [0.05, 0.1) is 4.92 Å². The smallest absolute Gasteiger partial charge is 0.294 e. The minimum atomic E-state index is -0.361. The molecule has 0 unspecified atom stereocenters. The molecule has 2 N–H and O–H groups in total. The maximum absolute atomic E-state index is 10.9. The predicted octanol–water partition coefficient (Wildman–Crippen LogP) is 2.17. The molecule has 5 heteroatoms. The van der Waals surface area contributed by atoms with Crippen LogP contribution < -0.4 is 10.6 Å². The molecule has 1 heterocycles. The van der Waals surface area contributed by atoms with Crippen LogP contribution in [0.4, 0.5) is 17.1 Å². The van der Waals surface area contributed by atoms with Gasteiger partial charge in [-0.25, -0.2) is 0 Å². The first kappa shape index (κ1) is 10.7. The van der Waals surface area contributed by atoms with E-state index in [2.05, 4.69) is 4.90 Å². The second-order valence-electron chi connectivity index (χ2n) is 4.05. The van der Waals surface area contributed by atoms with Crippen molar-refractivity contribution >= 4 is 17.1 Å². The van der Waals surface area contributed by atoms with Gasteiger partial charge in [-0.2, -0.15) is 0 Å². The van der Waals surface area contributed by atoms with E-state index in [9.17, 15) is 10.1 Å². The molecule has 16 heavy (non-hydrogen) atoms. The number of nitrogens with zero attached hydrogens (tertiary/aromatic N) is 2. The average Bonchev–Trinajstić information content (AvgIpc) is 2.30. The number of benzene rings is 1. The Morgan fingerprint density at radius 2 is 1.94 bits per heavy atom. The quantitative estimate of drug-likeness (QED) is 0.472. The molecule has 1 aromatic carbocycles. The van der Waals surface area contributed by atoms with Crippen molar-refractivity contribution in [2.24, 2.45) is 0 Å². The zero-order valence-corrected chi connectivity index (χ0v) is 9.06. The Labute approximate surface area is 94.0 Å². The fourth-order valence-corrected chi connectivity index (χ4v) is 2.09. The van der Waals surface area contributed by atoms with Crippen LogP contribution in [0.2, 0.25) is 0 Å². The standard InChI is InChI=1S/C11H15N3O2/c12-9-4-5-10(11(8-9)14(15)16)13-6-2-1-3-7-13/h4-5,8H,1-3,6-7,12H2. The molecular formula is C11H15N3O2. The summed E-state index contributed by atoms with van der Waals surface area (Å²) in [4.78, 5) is 12.6. The Morgan fingerprint density at radius 3 is 2.56 bits per heavy atom. The van der Waals surface area contributed by atoms with Crippen molar-refractivity contribution in [2.45, 2.75) is 19.3 Å². The summed E-state index contributed by atoms with van der Waals surface area (Å²) in [6.45, 7) is 1.79. The van der Waals surface area contributed by atoms with Gasteiger partial charge in [-0.3, -0.25) is 10.1 Å². The molecular weight excluding hydrogens is 206 g/mol. The monoisotopic (exact) mass is 221 g/mol. The van der Waals surface area contributed by atoms with Crippen LogP contribution in [0.15, 0.2) is 18.2 Å². The minimum absolute atomic E-state index is 0.113. The van der Waals surface area contributed by atoms with Crippen molar-refractivity contribution in [2.75, 3.05) is 23.7 Å². The van der Waals surface area contributed by atoms with Crippen LogP contribution in [0.25, 0.3) is 0 Å². The molecule has 0 spiro atoms. The number of hydrogen-bond acceptors (Lipinski definition) is 4. The Morgan fingerprint density at radius 1 is 1.25 bits per heavy atom. The first-order valence-electron chi connectivity index (χ1n) is 5.47. The topological polar surface area (TPSA) is 72.4 Å². The molecule has 2 rings (SSSR count). The van der Waals surface area contributed by atoms with Crippen molar-refractivity contribution in [1.29, 1.82) is 0 Å². The van der Waals surface area contributed by atoms with Crippen molar-refractivity contribution in [3.05, 3.63) is 28.3 Å². The van der Waals surface area contributed by atoms with E-state index < -0.39 is 0 Å². The lowest BCUT2D eigenvalue weighted by Crippen LogP contribution is -2.29. The molecule has 0 aliphatic carbocycles. The lowest BCUT2D eigenvalue weighted by Gasteiger charge is -2.28. The van der Waals surface area contributed by atoms with E-state index in [1.54, 1.807) is 12.1 Å². The highest BCUT2D eigenvalue weighted by molar-refractivity contribution is 5.68. The van der Waals surface area contributed by atoms with Crippen molar-refractivity contribution in [3.63, 3.8) is 0 Å². The lowest BCUT2D eigenvalue weighted by molar-refractivity contribution is -0.384. The van der Waals surface area contributed by atoms with Gasteiger partial charge in [-0.1, -0.05) is 0 Å². The lowest BCUT2D eigenvalue weighted by atomic mass is 10.1. The molecule has 0 bridgehead atoms. The van der Waals surface area contributed by atoms with Gasteiger partial charge in [0.15, 0.2) is 0 Å². The third-order valence-electron chi connectivity index (χ3n) is 2.89. The maximum atomic E-state index is 10.9. The molecule has 86 valence electrons. The summed E-state index contributed by atoms with van der Waals surface area (Å²) in [6.07, 6.45) is 3.41. The molecule has 1 aliphatic heterocycles. The van der Waals surface area contributed by atoms with Crippen LogP contribution in [0, 0.1) is 10.1 Å². The van der Waals surface area contributed by atoms with Crippen LogP contribution in [0.3, 0.4) is 0 Å². The number of piperidine rings is 1. The zero-order chi connectivity index (χ0) is 11.5. The second-order valence-corrected chi connectivity index (χ2v) is 4.05. The SMILES string of the molecule is Nc1ccc(N2CCCCC2)c([N+](=O)[O-])c1. The third kappa shape index (κ3) is 2.08. The largest absolute Gasteiger partial charge is 0.399 e. The summed E-state index contributed by atoms with van der Waals surface area (Å²) in [7, 11) is 0. The van der Waals surface area contributed by atoms with Gasteiger partial charge in [-0.15, -0.1) is 0 Å².